The molecule has 1 atom stereocenters. The first-order valence-corrected chi connectivity index (χ1v) is 9.68. The second-order valence-corrected chi connectivity index (χ2v) is 7.28. The molecule has 7 nitrogen and oxygen atoms in total. The maximum Gasteiger partial charge on any atom is 0.272 e. The minimum absolute atomic E-state index is 0.0647. The Labute approximate surface area is 163 Å². The van der Waals surface area contributed by atoms with Crippen molar-refractivity contribution in [1.82, 2.24) is 19.5 Å². The molecule has 0 aliphatic carbocycles. The van der Waals surface area contributed by atoms with Gasteiger partial charge in [0.2, 0.25) is 0 Å². The number of fused-ring (bicyclic) bond motifs is 1. The van der Waals surface area contributed by atoms with Crippen LogP contribution in [0.3, 0.4) is 0 Å². The number of nitrogens with zero attached hydrogens (tertiary/aromatic N) is 3. The number of H-pyrrole nitrogens is 1. The summed E-state index contributed by atoms with van der Waals surface area (Å²) in [5.74, 6) is 1.91. The molecule has 0 amide bonds. The zero-order valence-corrected chi connectivity index (χ0v) is 16.6. The average molecular weight is 382 g/mol. The molecular weight excluding hydrogens is 356 g/mol. The molecule has 0 bridgehead atoms. The Morgan fingerprint density at radius 3 is 2.89 bits per heavy atom. The highest BCUT2D eigenvalue weighted by Crippen LogP contribution is 2.31. The SMILES string of the molecule is CCOc1ccc(CN2CC[C@H](c3cc4nc(C)cc(=O)n4[nH]3)C2)cc1OC. The summed E-state index contributed by atoms with van der Waals surface area (Å²) < 4.78 is 12.6. The fourth-order valence-electron chi connectivity index (χ4n) is 3.91. The first kappa shape index (κ1) is 18.6. The number of hydrogen-bond donors (Lipinski definition) is 1. The van der Waals surface area contributed by atoms with Gasteiger partial charge in [-0.05, 0) is 44.5 Å². The molecule has 0 saturated carbocycles. The number of likely N-dealkylation sites (tertiary alicyclic amines) is 1. The molecule has 7 heteroatoms. The number of methoxy groups -OCH3 is 1. The van der Waals surface area contributed by atoms with Crippen LogP contribution in [0.4, 0.5) is 0 Å². The van der Waals surface area contributed by atoms with E-state index in [2.05, 4.69) is 21.0 Å². The maximum atomic E-state index is 12.1. The van der Waals surface area contributed by atoms with E-state index in [0.717, 1.165) is 48.9 Å². The van der Waals surface area contributed by atoms with Gasteiger partial charge in [0, 0.05) is 42.5 Å². The van der Waals surface area contributed by atoms with Gasteiger partial charge < -0.3 is 9.47 Å². The largest absolute Gasteiger partial charge is 0.493 e. The van der Waals surface area contributed by atoms with Crippen molar-refractivity contribution in [3.63, 3.8) is 0 Å². The minimum Gasteiger partial charge on any atom is -0.493 e. The molecule has 1 aliphatic rings. The number of aromatic nitrogens is 3. The Morgan fingerprint density at radius 2 is 2.11 bits per heavy atom. The molecule has 1 aliphatic heterocycles. The summed E-state index contributed by atoms with van der Waals surface area (Å²) in [4.78, 5) is 19.0. The normalized spacial score (nSPS) is 17.3. The van der Waals surface area contributed by atoms with Gasteiger partial charge in [-0.3, -0.25) is 14.8 Å². The van der Waals surface area contributed by atoms with Crippen LogP contribution in [0.5, 0.6) is 11.5 Å². The highest BCUT2D eigenvalue weighted by atomic mass is 16.5. The minimum atomic E-state index is -0.0647. The Bertz CT molecular complexity index is 1040. The van der Waals surface area contributed by atoms with E-state index >= 15 is 0 Å². The van der Waals surface area contributed by atoms with Crippen LogP contribution in [0.15, 0.2) is 35.1 Å². The Balaban J connectivity index is 1.47. The van der Waals surface area contributed by atoms with Gasteiger partial charge in [0.1, 0.15) is 0 Å². The van der Waals surface area contributed by atoms with Gasteiger partial charge in [-0.1, -0.05) is 6.07 Å². The average Bonchev–Trinajstić information content (AvgIpc) is 3.30. The molecule has 1 N–H and O–H groups in total. The van der Waals surface area contributed by atoms with Crippen LogP contribution in [0.25, 0.3) is 5.65 Å². The van der Waals surface area contributed by atoms with Crippen LogP contribution in [-0.4, -0.2) is 46.3 Å². The predicted octanol–water partition coefficient (Wildman–Crippen LogP) is 2.73. The van der Waals surface area contributed by atoms with Gasteiger partial charge in [0.25, 0.3) is 5.56 Å². The lowest BCUT2D eigenvalue weighted by molar-refractivity contribution is 0.307. The van der Waals surface area contributed by atoms with Crippen LogP contribution in [-0.2, 0) is 6.54 Å². The lowest BCUT2D eigenvalue weighted by Gasteiger charge is -2.17. The predicted molar refractivity (Wildman–Crippen MR) is 107 cm³/mol. The van der Waals surface area contributed by atoms with Crippen LogP contribution in [0, 0.1) is 6.92 Å². The van der Waals surface area contributed by atoms with Crippen LogP contribution in [0.2, 0.25) is 0 Å². The van der Waals surface area contributed by atoms with Crippen molar-refractivity contribution in [3.05, 3.63) is 57.6 Å². The van der Waals surface area contributed by atoms with Crippen LogP contribution in [0.1, 0.15) is 36.2 Å². The Kier molecular flexibility index (Phi) is 5.09. The monoisotopic (exact) mass is 382 g/mol. The number of ether oxygens (including phenoxy) is 2. The summed E-state index contributed by atoms with van der Waals surface area (Å²) in [7, 11) is 1.67. The number of benzene rings is 1. The summed E-state index contributed by atoms with van der Waals surface area (Å²) in [6, 6.07) is 9.67. The van der Waals surface area contributed by atoms with E-state index in [1.54, 1.807) is 13.2 Å². The third kappa shape index (κ3) is 3.62. The van der Waals surface area contributed by atoms with Crippen LogP contribution >= 0.6 is 0 Å². The number of hydrogen-bond acceptors (Lipinski definition) is 5. The Hall–Kier alpha value is -2.80. The molecule has 0 spiro atoms. The third-order valence-corrected chi connectivity index (χ3v) is 5.24. The van der Waals surface area contributed by atoms with E-state index in [1.807, 2.05) is 32.0 Å². The molecular formula is C21H26N4O3. The maximum absolute atomic E-state index is 12.1. The first-order chi connectivity index (χ1) is 13.6. The molecule has 148 valence electrons. The number of rotatable bonds is 6. The van der Waals surface area contributed by atoms with Gasteiger partial charge in [-0.15, -0.1) is 0 Å². The first-order valence-electron chi connectivity index (χ1n) is 9.68. The quantitative estimate of drug-likeness (QED) is 0.710. The molecule has 1 saturated heterocycles. The van der Waals surface area contributed by atoms with E-state index in [-0.39, 0.29) is 5.56 Å². The van der Waals surface area contributed by atoms with Crippen LogP contribution < -0.4 is 15.0 Å². The van der Waals surface area contributed by atoms with Gasteiger partial charge in [0.05, 0.1) is 13.7 Å². The molecule has 4 rings (SSSR count). The van der Waals surface area contributed by atoms with E-state index < -0.39 is 0 Å². The topological polar surface area (TPSA) is 71.9 Å². The third-order valence-electron chi connectivity index (χ3n) is 5.24. The van der Waals surface area contributed by atoms with E-state index in [1.165, 1.54) is 10.1 Å². The lowest BCUT2D eigenvalue weighted by atomic mass is 10.1. The van der Waals surface area contributed by atoms with Crippen molar-refractivity contribution in [2.24, 2.45) is 0 Å². The fraction of sp³-hybridized carbons (Fsp3) is 0.429. The standard InChI is InChI=1S/C21H26N4O3/c1-4-28-18-6-5-15(10-19(18)27-3)12-24-8-7-16(13-24)17-11-20-22-14(2)9-21(26)25(20)23-17/h5-6,9-11,16,23H,4,7-8,12-13H2,1-3H3/t16-/m0/s1. The number of aryl methyl sites for hydroxylation is 1. The summed E-state index contributed by atoms with van der Waals surface area (Å²) in [6.45, 7) is 7.23. The van der Waals surface area contributed by atoms with Gasteiger partial charge >= 0.3 is 0 Å². The second-order valence-electron chi connectivity index (χ2n) is 7.28. The Morgan fingerprint density at radius 1 is 1.25 bits per heavy atom. The van der Waals surface area contributed by atoms with E-state index in [0.29, 0.717) is 18.2 Å². The van der Waals surface area contributed by atoms with E-state index in [9.17, 15) is 4.79 Å². The molecule has 3 aromatic rings. The summed E-state index contributed by atoms with van der Waals surface area (Å²) >= 11 is 0. The number of aromatic amines is 1. The second kappa shape index (κ2) is 7.67. The highest BCUT2D eigenvalue weighted by Gasteiger charge is 2.26. The van der Waals surface area contributed by atoms with E-state index in [4.69, 9.17) is 9.47 Å². The van der Waals surface area contributed by atoms with Crippen molar-refractivity contribution >= 4 is 5.65 Å². The highest BCUT2D eigenvalue weighted by molar-refractivity contribution is 5.43. The van der Waals surface area contributed by atoms with Crippen molar-refractivity contribution < 1.29 is 9.47 Å². The molecule has 0 unspecified atom stereocenters. The van der Waals surface area contributed by atoms with Crippen molar-refractivity contribution in [1.29, 1.82) is 0 Å². The molecule has 1 fully saturated rings. The van der Waals surface area contributed by atoms with Crippen molar-refractivity contribution in [3.8, 4) is 11.5 Å². The zero-order valence-electron chi connectivity index (χ0n) is 16.6. The molecule has 2 aromatic heterocycles. The van der Waals surface area contributed by atoms with Gasteiger partial charge in [-0.2, -0.15) is 0 Å². The van der Waals surface area contributed by atoms with Gasteiger partial charge in [-0.25, -0.2) is 9.50 Å². The zero-order chi connectivity index (χ0) is 19.7. The molecule has 3 heterocycles. The molecule has 28 heavy (non-hydrogen) atoms. The smallest absolute Gasteiger partial charge is 0.272 e. The van der Waals surface area contributed by atoms with Crippen molar-refractivity contribution in [2.45, 2.75) is 32.7 Å². The number of nitrogens with one attached hydrogen (secondary N) is 1. The summed E-state index contributed by atoms with van der Waals surface area (Å²) in [5, 5.41) is 3.24. The summed E-state index contributed by atoms with van der Waals surface area (Å²) in [5.41, 5.74) is 3.64. The summed E-state index contributed by atoms with van der Waals surface area (Å²) in [6.07, 6.45) is 1.05. The molecule has 1 aromatic carbocycles. The molecule has 0 radical (unpaired) electrons. The van der Waals surface area contributed by atoms with Crippen molar-refractivity contribution in [2.75, 3.05) is 26.8 Å². The van der Waals surface area contributed by atoms with Gasteiger partial charge in [0.15, 0.2) is 17.1 Å². The lowest BCUT2D eigenvalue weighted by Crippen LogP contribution is -2.20. The fourth-order valence-corrected chi connectivity index (χ4v) is 3.91.